The molecule has 2 N–H and O–H groups in total. The van der Waals surface area contributed by atoms with Crippen LogP contribution in [-0.4, -0.2) is 54.7 Å². The van der Waals surface area contributed by atoms with E-state index >= 15 is 0 Å². The number of carbonyl (C=O) groups is 2. The summed E-state index contributed by atoms with van der Waals surface area (Å²) in [5.74, 6) is 1.41. The molecule has 0 aromatic heterocycles. The molecule has 1 aromatic carbocycles. The van der Waals surface area contributed by atoms with Crippen LogP contribution in [0, 0.1) is 11.8 Å². The minimum absolute atomic E-state index is 0.0496. The van der Waals surface area contributed by atoms with E-state index < -0.39 is 0 Å². The second-order valence-corrected chi connectivity index (χ2v) is 8.29. The lowest BCUT2D eigenvalue weighted by Crippen LogP contribution is -2.49. The van der Waals surface area contributed by atoms with Gasteiger partial charge in [0.1, 0.15) is 0 Å². The van der Waals surface area contributed by atoms with Crippen molar-refractivity contribution < 1.29 is 19.4 Å². The van der Waals surface area contributed by atoms with Crippen LogP contribution < -0.4 is 5.32 Å². The predicted octanol–water partition coefficient (Wildman–Crippen LogP) is 3.09. The van der Waals surface area contributed by atoms with E-state index in [1.807, 2.05) is 0 Å². The summed E-state index contributed by atoms with van der Waals surface area (Å²) in [6, 6.07) is 9.34. The number of likely N-dealkylation sites (tertiary alicyclic amines) is 1. The van der Waals surface area contributed by atoms with Gasteiger partial charge >= 0.3 is 0 Å². The second-order valence-electron chi connectivity index (χ2n) is 8.29. The molecule has 162 valence electrons. The van der Waals surface area contributed by atoms with Gasteiger partial charge in [0, 0.05) is 33.7 Å². The first-order valence-electron chi connectivity index (χ1n) is 10.7. The number of ether oxygens (including phenoxy) is 1. The quantitative estimate of drug-likeness (QED) is 0.683. The first-order chi connectivity index (χ1) is 14.0. The zero-order chi connectivity index (χ0) is 21.2. The molecule has 4 atom stereocenters. The number of hydrogen-bond donors (Lipinski definition) is 2. The van der Waals surface area contributed by atoms with Crippen molar-refractivity contribution >= 4 is 12.4 Å². The van der Waals surface area contributed by atoms with Crippen molar-refractivity contribution in [2.45, 2.75) is 64.6 Å². The van der Waals surface area contributed by atoms with Crippen LogP contribution in [-0.2, 0) is 27.3 Å². The number of nitrogens with one attached hydrogen (secondary N) is 1. The van der Waals surface area contributed by atoms with Crippen LogP contribution in [0.4, 0.5) is 0 Å². The third kappa shape index (κ3) is 7.12. The smallest absolute Gasteiger partial charge is 0.290 e. The summed E-state index contributed by atoms with van der Waals surface area (Å²) in [6.07, 6.45) is 5.95. The average molecular weight is 405 g/mol. The van der Waals surface area contributed by atoms with E-state index in [9.17, 15) is 4.79 Å². The van der Waals surface area contributed by atoms with Gasteiger partial charge in [-0.05, 0) is 48.6 Å². The zero-order valence-electron chi connectivity index (χ0n) is 18.0. The molecule has 2 fully saturated rings. The first-order valence-corrected chi connectivity index (χ1v) is 10.7. The van der Waals surface area contributed by atoms with E-state index in [1.165, 1.54) is 30.4 Å². The molecule has 29 heavy (non-hydrogen) atoms. The Bertz CT molecular complexity index is 634. The second kappa shape index (κ2) is 11.9. The lowest BCUT2D eigenvalue weighted by atomic mass is 9.77. The van der Waals surface area contributed by atoms with Crippen LogP contribution in [0.1, 0.15) is 50.7 Å². The molecule has 6 heteroatoms. The molecular formula is C23H36N2O4. The monoisotopic (exact) mass is 404 g/mol. The lowest BCUT2D eigenvalue weighted by Gasteiger charge is -2.37. The van der Waals surface area contributed by atoms with Gasteiger partial charge in [0.05, 0.1) is 12.1 Å². The molecule has 0 radical (unpaired) electrons. The maximum atomic E-state index is 11.5. The maximum Gasteiger partial charge on any atom is 0.290 e. The van der Waals surface area contributed by atoms with E-state index in [-0.39, 0.29) is 24.5 Å². The highest BCUT2D eigenvalue weighted by Crippen LogP contribution is 2.38. The average Bonchev–Trinajstić information content (AvgIpc) is 3.08. The van der Waals surface area contributed by atoms with Crippen molar-refractivity contribution in [3.05, 3.63) is 35.4 Å². The van der Waals surface area contributed by atoms with Gasteiger partial charge in [0.2, 0.25) is 5.91 Å². The number of benzene rings is 1. The number of methoxy groups -OCH3 is 1. The molecule has 0 spiro atoms. The highest BCUT2D eigenvalue weighted by Gasteiger charge is 2.42. The molecule has 0 bridgehead atoms. The number of nitrogens with zero attached hydrogens (tertiary/aromatic N) is 1. The summed E-state index contributed by atoms with van der Waals surface area (Å²) < 4.78 is 5.68. The normalized spacial score (nSPS) is 26.2. The summed E-state index contributed by atoms with van der Waals surface area (Å²) >= 11 is 0. The van der Waals surface area contributed by atoms with Gasteiger partial charge in [-0.2, -0.15) is 0 Å². The molecule has 1 saturated carbocycles. The van der Waals surface area contributed by atoms with Crippen LogP contribution >= 0.6 is 0 Å². The Balaban J connectivity index is 0.000000941. The van der Waals surface area contributed by atoms with Crippen LogP contribution in [0.25, 0.3) is 0 Å². The summed E-state index contributed by atoms with van der Waals surface area (Å²) in [7, 11) is 1.77. The van der Waals surface area contributed by atoms with Gasteiger partial charge in [0.15, 0.2) is 0 Å². The lowest BCUT2D eigenvalue weighted by molar-refractivity contribution is -0.123. The molecule has 1 saturated heterocycles. The molecule has 2 aliphatic rings. The minimum Gasteiger partial charge on any atom is -0.483 e. The van der Waals surface area contributed by atoms with Crippen molar-refractivity contribution in [1.82, 2.24) is 10.2 Å². The summed E-state index contributed by atoms with van der Waals surface area (Å²) in [6.45, 7) is 6.91. The van der Waals surface area contributed by atoms with E-state index in [0.29, 0.717) is 11.8 Å². The number of amides is 1. The topological polar surface area (TPSA) is 78.9 Å². The molecular weight excluding hydrogens is 368 g/mol. The van der Waals surface area contributed by atoms with Crippen molar-refractivity contribution in [2.24, 2.45) is 11.8 Å². The fourth-order valence-corrected chi connectivity index (χ4v) is 4.76. The molecule has 1 amide bonds. The van der Waals surface area contributed by atoms with Gasteiger partial charge in [-0.25, -0.2) is 0 Å². The number of hydrogen-bond acceptors (Lipinski definition) is 4. The van der Waals surface area contributed by atoms with Crippen LogP contribution in [0.2, 0.25) is 0 Å². The third-order valence-corrected chi connectivity index (χ3v) is 6.13. The van der Waals surface area contributed by atoms with Gasteiger partial charge in [-0.1, -0.05) is 37.6 Å². The largest absolute Gasteiger partial charge is 0.483 e. The molecule has 1 aromatic rings. The third-order valence-electron chi connectivity index (χ3n) is 6.13. The Morgan fingerprint density at radius 1 is 1.21 bits per heavy atom. The summed E-state index contributed by atoms with van der Waals surface area (Å²) in [4.78, 5) is 22.4. The van der Waals surface area contributed by atoms with Crippen molar-refractivity contribution in [2.75, 3.05) is 20.2 Å². The molecule has 0 unspecified atom stereocenters. The number of fused-ring (bicyclic) bond motifs is 1. The van der Waals surface area contributed by atoms with Gasteiger partial charge in [-0.3, -0.25) is 14.5 Å². The number of unbranched alkanes of at least 4 members (excludes halogenated alkanes) is 1. The van der Waals surface area contributed by atoms with E-state index in [1.54, 1.807) is 14.0 Å². The number of rotatable bonds is 7. The highest BCUT2D eigenvalue weighted by atomic mass is 16.5. The Morgan fingerprint density at radius 3 is 2.34 bits per heavy atom. The van der Waals surface area contributed by atoms with E-state index in [0.717, 1.165) is 32.5 Å². The summed E-state index contributed by atoms with van der Waals surface area (Å²) in [5.41, 5.74) is 2.86. The Labute approximate surface area is 174 Å². The predicted molar refractivity (Wildman–Crippen MR) is 114 cm³/mol. The fraction of sp³-hybridized carbons (Fsp3) is 0.652. The molecule has 1 aliphatic heterocycles. The van der Waals surface area contributed by atoms with Gasteiger partial charge in [0.25, 0.3) is 6.47 Å². The first kappa shape index (κ1) is 23.4. The summed E-state index contributed by atoms with van der Waals surface area (Å²) in [5, 5.41) is 9.99. The number of carbonyl (C=O) groups excluding carboxylic acids is 1. The maximum absolute atomic E-state index is 11.5. The zero-order valence-corrected chi connectivity index (χ0v) is 18.0. The molecule has 6 nitrogen and oxygen atoms in total. The molecule has 1 aliphatic carbocycles. The fourth-order valence-electron chi connectivity index (χ4n) is 4.76. The van der Waals surface area contributed by atoms with Gasteiger partial charge in [-0.15, -0.1) is 0 Å². The molecule has 1 heterocycles. The van der Waals surface area contributed by atoms with Crippen LogP contribution in [0.3, 0.4) is 0 Å². The van der Waals surface area contributed by atoms with E-state index in [2.05, 4.69) is 41.4 Å². The Morgan fingerprint density at radius 2 is 1.79 bits per heavy atom. The molecule has 3 rings (SSSR count). The van der Waals surface area contributed by atoms with Crippen molar-refractivity contribution in [3.8, 4) is 0 Å². The Kier molecular flexibility index (Phi) is 9.61. The van der Waals surface area contributed by atoms with E-state index in [4.69, 9.17) is 14.6 Å². The van der Waals surface area contributed by atoms with Crippen LogP contribution in [0.5, 0.6) is 0 Å². The Hall–Kier alpha value is -1.92. The van der Waals surface area contributed by atoms with Crippen LogP contribution in [0.15, 0.2) is 24.3 Å². The minimum atomic E-state index is -0.250. The van der Waals surface area contributed by atoms with Crippen molar-refractivity contribution in [3.63, 3.8) is 0 Å². The highest BCUT2D eigenvalue weighted by molar-refractivity contribution is 5.73. The van der Waals surface area contributed by atoms with Gasteiger partial charge < -0.3 is 15.2 Å². The number of carboxylic acid groups (broad SMARTS) is 1. The SMILES string of the molecule is CCCCc1ccc(CN2C[C@H]3C[C@@H](NC(C)=O)[C@H](OC)C[C@H]3C2)cc1.O=CO. The number of aryl methyl sites for hydroxylation is 1. The standard InChI is InChI=1S/C22H34N2O2.CH2O2/c1-4-5-6-17-7-9-18(10-8-17)13-24-14-19-11-21(23-16(2)25)22(26-3)12-20(19)15-24;2-1-3/h7-10,19-22H,4-6,11-15H2,1-3H3,(H,23,25);1H,(H,2,3)/t19-,20+,21-,22-;/m1./s1. The van der Waals surface area contributed by atoms with Crippen molar-refractivity contribution in [1.29, 1.82) is 0 Å².